The van der Waals surface area contributed by atoms with Crippen LogP contribution in [-0.2, 0) is 32.7 Å². The van der Waals surface area contributed by atoms with Gasteiger partial charge >= 0.3 is 11.9 Å². The van der Waals surface area contributed by atoms with Gasteiger partial charge in [0.2, 0.25) is 0 Å². The molecular formula is C44H84NO8P. The van der Waals surface area contributed by atoms with E-state index in [4.69, 9.17) is 18.5 Å². The van der Waals surface area contributed by atoms with E-state index in [2.05, 4.69) is 26.0 Å². The molecule has 318 valence electrons. The number of quaternary nitrogens is 1. The molecule has 0 amide bonds. The number of carbonyl (C=O) groups excluding carboxylic acids is 2. The zero-order valence-corrected chi connectivity index (χ0v) is 36.6. The topological polar surface area (TPSA) is 111 Å². The van der Waals surface area contributed by atoms with Gasteiger partial charge in [0, 0.05) is 12.8 Å². The van der Waals surface area contributed by atoms with Crippen molar-refractivity contribution < 1.29 is 42.1 Å². The third-order valence-electron chi connectivity index (χ3n) is 9.47. The molecule has 0 aromatic heterocycles. The number of nitrogens with zero attached hydrogens (tertiary/aromatic N) is 1. The third-order valence-corrected chi connectivity index (χ3v) is 10.4. The Kier molecular flexibility index (Phi) is 36.1. The van der Waals surface area contributed by atoms with Crippen molar-refractivity contribution in [2.75, 3.05) is 47.5 Å². The zero-order valence-electron chi connectivity index (χ0n) is 35.7. The molecule has 0 bridgehead atoms. The standard InChI is InChI=1S/C44H84NO8P/c1-6-8-10-12-14-16-18-20-22-24-26-28-30-32-34-36-43(46)50-40-42(41-52-54(48,49)51-39-38-45(3,4)5)53-44(47)37-35-33-31-29-27-25-23-21-19-17-15-13-11-9-7-2/h30-33,42H,6-29,34-41H2,1-5H3/b32-30+,33-31+. The van der Waals surface area contributed by atoms with Crippen molar-refractivity contribution in [3.8, 4) is 0 Å². The zero-order chi connectivity index (χ0) is 40.0. The number of carbonyl (C=O) groups is 2. The molecule has 54 heavy (non-hydrogen) atoms. The van der Waals surface area contributed by atoms with Gasteiger partial charge in [-0.1, -0.05) is 167 Å². The summed E-state index contributed by atoms with van der Waals surface area (Å²) >= 11 is 0. The van der Waals surface area contributed by atoms with Gasteiger partial charge in [0.15, 0.2) is 6.10 Å². The van der Waals surface area contributed by atoms with Crippen LogP contribution in [0.3, 0.4) is 0 Å². The first kappa shape index (κ1) is 52.5. The van der Waals surface area contributed by atoms with E-state index in [9.17, 15) is 19.0 Å². The Bertz CT molecular complexity index is 980. The Morgan fingerprint density at radius 3 is 1.37 bits per heavy atom. The van der Waals surface area contributed by atoms with Gasteiger partial charge in [-0.05, 0) is 38.5 Å². The van der Waals surface area contributed by atoms with Crippen molar-refractivity contribution in [1.82, 2.24) is 0 Å². The molecule has 0 saturated carbocycles. The van der Waals surface area contributed by atoms with Crippen LogP contribution >= 0.6 is 7.82 Å². The molecule has 0 spiro atoms. The summed E-state index contributed by atoms with van der Waals surface area (Å²) in [6.07, 6.45) is 39.4. The molecular weight excluding hydrogens is 701 g/mol. The molecule has 10 heteroatoms. The highest BCUT2D eigenvalue weighted by atomic mass is 31.2. The number of phosphoric acid groups is 1. The third kappa shape index (κ3) is 40.2. The molecule has 0 aliphatic heterocycles. The van der Waals surface area contributed by atoms with Crippen LogP contribution in [0.4, 0.5) is 0 Å². The number of esters is 2. The molecule has 0 aromatic carbocycles. The van der Waals surface area contributed by atoms with Gasteiger partial charge in [0.25, 0.3) is 7.82 Å². The van der Waals surface area contributed by atoms with Crippen LogP contribution in [0, 0.1) is 0 Å². The summed E-state index contributed by atoms with van der Waals surface area (Å²) in [6, 6.07) is 0. The number of rotatable bonds is 40. The van der Waals surface area contributed by atoms with E-state index >= 15 is 0 Å². The van der Waals surface area contributed by atoms with E-state index in [1.54, 1.807) is 0 Å². The van der Waals surface area contributed by atoms with E-state index < -0.39 is 32.5 Å². The Hall–Kier alpha value is -1.51. The van der Waals surface area contributed by atoms with Gasteiger partial charge in [0.1, 0.15) is 19.8 Å². The molecule has 0 rings (SSSR count). The predicted molar refractivity (Wildman–Crippen MR) is 222 cm³/mol. The largest absolute Gasteiger partial charge is 0.756 e. The van der Waals surface area contributed by atoms with Crippen LogP contribution in [0.15, 0.2) is 24.3 Å². The second-order valence-electron chi connectivity index (χ2n) is 16.1. The molecule has 2 atom stereocenters. The van der Waals surface area contributed by atoms with Gasteiger partial charge in [-0.25, -0.2) is 0 Å². The van der Waals surface area contributed by atoms with E-state index in [-0.39, 0.29) is 26.1 Å². The maximum atomic E-state index is 12.6. The average Bonchev–Trinajstić information content (AvgIpc) is 3.12. The van der Waals surface area contributed by atoms with Gasteiger partial charge in [-0.2, -0.15) is 0 Å². The molecule has 2 unspecified atom stereocenters. The Labute approximate surface area is 332 Å². The second-order valence-corrected chi connectivity index (χ2v) is 17.5. The number of hydrogen-bond donors (Lipinski definition) is 0. The molecule has 0 saturated heterocycles. The first-order chi connectivity index (χ1) is 26.0. The number of phosphoric ester groups is 1. The summed E-state index contributed by atoms with van der Waals surface area (Å²) in [4.78, 5) is 37.4. The van der Waals surface area contributed by atoms with Crippen LogP contribution in [0.5, 0.6) is 0 Å². The SMILES string of the molecule is CCCCCCCCCCCCC/C=C/CCC(=O)OCC(COP(=O)([O-])OCC[N+](C)(C)C)OC(=O)CC/C=C/CCCCCCCCCCCCC. The van der Waals surface area contributed by atoms with Crippen LogP contribution < -0.4 is 4.89 Å². The lowest BCUT2D eigenvalue weighted by Gasteiger charge is -2.28. The van der Waals surface area contributed by atoms with Crippen molar-refractivity contribution in [3.05, 3.63) is 24.3 Å². The van der Waals surface area contributed by atoms with E-state index in [1.165, 1.54) is 128 Å². The summed E-state index contributed by atoms with van der Waals surface area (Å²) < 4.78 is 33.8. The predicted octanol–water partition coefficient (Wildman–Crippen LogP) is 11.7. The summed E-state index contributed by atoms with van der Waals surface area (Å²) in [7, 11) is 1.14. The smallest absolute Gasteiger partial charge is 0.306 e. The lowest BCUT2D eigenvalue weighted by atomic mass is 10.1. The number of unbranched alkanes of at least 4 members (excludes halogenated alkanes) is 22. The second kappa shape index (κ2) is 37.1. The summed E-state index contributed by atoms with van der Waals surface area (Å²) in [6.45, 7) is 4.15. The minimum absolute atomic E-state index is 0.0397. The maximum absolute atomic E-state index is 12.6. The van der Waals surface area contributed by atoms with E-state index in [0.29, 0.717) is 23.9 Å². The normalized spacial score (nSPS) is 13.8. The highest BCUT2D eigenvalue weighted by molar-refractivity contribution is 7.45. The number of allylic oxidation sites excluding steroid dienone is 4. The Morgan fingerprint density at radius 2 is 0.944 bits per heavy atom. The fourth-order valence-corrected chi connectivity index (χ4v) is 6.71. The van der Waals surface area contributed by atoms with Crippen molar-refractivity contribution in [2.45, 2.75) is 200 Å². The first-order valence-electron chi connectivity index (χ1n) is 22.0. The first-order valence-corrected chi connectivity index (χ1v) is 23.5. The molecule has 0 radical (unpaired) electrons. The molecule has 9 nitrogen and oxygen atoms in total. The van der Waals surface area contributed by atoms with Crippen molar-refractivity contribution in [1.29, 1.82) is 0 Å². The van der Waals surface area contributed by atoms with E-state index in [1.807, 2.05) is 33.3 Å². The molecule has 0 aromatic rings. The van der Waals surface area contributed by atoms with Crippen molar-refractivity contribution >= 4 is 19.8 Å². The van der Waals surface area contributed by atoms with Gasteiger partial charge < -0.3 is 27.9 Å². The minimum atomic E-state index is -4.64. The Morgan fingerprint density at radius 1 is 0.556 bits per heavy atom. The molecule has 0 N–H and O–H groups in total. The van der Waals surface area contributed by atoms with Crippen molar-refractivity contribution in [2.24, 2.45) is 0 Å². The molecule has 0 aliphatic rings. The number of hydrogen-bond acceptors (Lipinski definition) is 8. The summed E-state index contributed by atoms with van der Waals surface area (Å²) in [5, 5.41) is 0. The van der Waals surface area contributed by atoms with Gasteiger partial charge in [-0.15, -0.1) is 0 Å². The van der Waals surface area contributed by atoms with Crippen LogP contribution in [0.25, 0.3) is 0 Å². The fourth-order valence-electron chi connectivity index (χ4n) is 5.98. The van der Waals surface area contributed by atoms with Crippen LogP contribution in [0.1, 0.15) is 194 Å². The monoisotopic (exact) mass is 786 g/mol. The number of ether oxygens (including phenoxy) is 2. The highest BCUT2D eigenvalue weighted by Crippen LogP contribution is 2.38. The summed E-state index contributed by atoms with van der Waals surface area (Å²) in [5.74, 6) is -0.943. The summed E-state index contributed by atoms with van der Waals surface area (Å²) in [5.41, 5.74) is 0. The fraction of sp³-hybridized carbons (Fsp3) is 0.864. The lowest BCUT2D eigenvalue weighted by Crippen LogP contribution is -2.37. The van der Waals surface area contributed by atoms with Gasteiger partial charge in [0.05, 0.1) is 27.7 Å². The van der Waals surface area contributed by atoms with Crippen LogP contribution in [0.2, 0.25) is 0 Å². The van der Waals surface area contributed by atoms with Crippen molar-refractivity contribution in [3.63, 3.8) is 0 Å². The Balaban J connectivity index is 4.43. The van der Waals surface area contributed by atoms with Crippen LogP contribution in [-0.4, -0.2) is 70.0 Å². The minimum Gasteiger partial charge on any atom is -0.756 e. The highest BCUT2D eigenvalue weighted by Gasteiger charge is 2.21. The van der Waals surface area contributed by atoms with E-state index in [0.717, 1.165) is 25.7 Å². The van der Waals surface area contributed by atoms with Gasteiger partial charge in [-0.3, -0.25) is 14.2 Å². The average molecular weight is 786 g/mol. The molecule has 0 heterocycles. The number of likely N-dealkylation sites (N-methyl/N-ethyl adjacent to an activating group) is 1. The quantitative estimate of drug-likeness (QED) is 0.0198. The lowest BCUT2D eigenvalue weighted by molar-refractivity contribution is -0.870. The molecule has 0 fully saturated rings. The molecule has 0 aliphatic carbocycles. The maximum Gasteiger partial charge on any atom is 0.306 e.